The molecule has 178 valence electrons. The second-order valence-corrected chi connectivity index (χ2v) is 9.40. The number of halogens is 1. The number of carbonyl (C=O) groups is 3. The number of benzene rings is 2. The van der Waals surface area contributed by atoms with Crippen molar-refractivity contribution in [2.24, 2.45) is 0 Å². The first-order valence-electron chi connectivity index (χ1n) is 11.8. The van der Waals surface area contributed by atoms with Crippen molar-refractivity contribution >= 4 is 17.7 Å². The Kier molecular flexibility index (Phi) is 5.85. The summed E-state index contributed by atoms with van der Waals surface area (Å²) in [7, 11) is 0. The minimum Gasteiger partial charge on any atom is -0.353 e. The maximum absolute atomic E-state index is 13.6. The third-order valence-electron chi connectivity index (χ3n) is 6.93. The molecule has 2 aromatic carbocycles. The minimum atomic E-state index is -0.985. The van der Waals surface area contributed by atoms with Gasteiger partial charge >= 0.3 is 0 Å². The van der Waals surface area contributed by atoms with Crippen LogP contribution in [0.1, 0.15) is 52.0 Å². The van der Waals surface area contributed by atoms with Gasteiger partial charge in [-0.3, -0.25) is 19.3 Å². The number of nitrogens with one attached hydrogen (secondary N) is 1. The van der Waals surface area contributed by atoms with Crippen LogP contribution in [-0.4, -0.2) is 65.0 Å². The molecule has 34 heavy (non-hydrogen) atoms. The van der Waals surface area contributed by atoms with E-state index in [1.54, 1.807) is 4.90 Å². The number of carbonyl (C=O) groups excluding carboxylic acids is 3. The van der Waals surface area contributed by atoms with Crippen LogP contribution in [0.15, 0.2) is 48.5 Å². The first-order chi connectivity index (χ1) is 16.4. The van der Waals surface area contributed by atoms with Crippen LogP contribution >= 0.6 is 0 Å². The molecule has 1 atom stereocenters. The van der Waals surface area contributed by atoms with E-state index in [4.69, 9.17) is 4.74 Å². The van der Waals surface area contributed by atoms with Crippen LogP contribution in [0.4, 0.5) is 4.39 Å². The maximum Gasteiger partial charge on any atom is 0.256 e. The number of ether oxygens (including phenoxy) is 1. The molecular weight excluding hydrogens is 437 g/mol. The molecule has 1 spiro atoms. The molecule has 2 aliphatic heterocycles. The molecule has 2 saturated heterocycles. The van der Waals surface area contributed by atoms with Crippen LogP contribution in [0.5, 0.6) is 0 Å². The van der Waals surface area contributed by atoms with E-state index in [1.807, 2.05) is 31.2 Å². The lowest BCUT2D eigenvalue weighted by atomic mass is 9.96. The van der Waals surface area contributed by atoms with Gasteiger partial charge in [0.15, 0.2) is 0 Å². The smallest absolute Gasteiger partial charge is 0.256 e. The van der Waals surface area contributed by atoms with Gasteiger partial charge in [-0.2, -0.15) is 0 Å². The van der Waals surface area contributed by atoms with Crippen molar-refractivity contribution in [1.82, 2.24) is 15.1 Å². The fourth-order valence-corrected chi connectivity index (χ4v) is 4.76. The Morgan fingerprint density at radius 3 is 2.15 bits per heavy atom. The molecule has 1 aliphatic carbocycles. The average molecular weight is 466 g/mol. The van der Waals surface area contributed by atoms with E-state index in [0.717, 1.165) is 18.4 Å². The van der Waals surface area contributed by atoms with E-state index in [2.05, 4.69) is 5.32 Å². The number of piperidine rings is 1. The summed E-state index contributed by atoms with van der Waals surface area (Å²) in [5, 5.41) is 2.98. The van der Waals surface area contributed by atoms with Crippen LogP contribution in [0.2, 0.25) is 0 Å². The van der Waals surface area contributed by atoms with Gasteiger partial charge in [-0.15, -0.1) is 0 Å². The Bertz CT molecular complexity index is 1090. The molecule has 1 saturated carbocycles. The monoisotopic (exact) mass is 465 g/mol. The lowest BCUT2D eigenvalue weighted by molar-refractivity contribution is -0.128. The SMILES string of the molecule is Cc1ccc(C(=O)N2CCC3(CC2)OC[C@H](C(=O)NC2CC2)N3C(=O)c2ccc(F)cc2)cc1. The van der Waals surface area contributed by atoms with Gasteiger partial charge < -0.3 is 15.0 Å². The summed E-state index contributed by atoms with van der Waals surface area (Å²) in [5.74, 6) is -1.10. The van der Waals surface area contributed by atoms with Gasteiger partial charge in [-0.25, -0.2) is 4.39 Å². The number of rotatable bonds is 4. The number of hydrogen-bond donors (Lipinski definition) is 1. The summed E-state index contributed by atoms with van der Waals surface area (Å²) in [6.07, 6.45) is 2.66. The largest absolute Gasteiger partial charge is 0.353 e. The predicted molar refractivity (Wildman–Crippen MR) is 123 cm³/mol. The Morgan fingerprint density at radius 2 is 1.53 bits per heavy atom. The zero-order valence-electron chi connectivity index (χ0n) is 19.1. The summed E-state index contributed by atoms with van der Waals surface area (Å²) >= 11 is 0. The lowest BCUT2D eigenvalue weighted by Crippen LogP contribution is -2.60. The summed E-state index contributed by atoms with van der Waals surface area (Å²) in [5.41, 5.74) is 1.02. The second kappa shape index (κ2) is 8.83. The Morgan fingerprint density at radius 1 is 0.941 bits per heavy atom. The van der Waals surface area contributed by atoms with Crippen LogP contribution in [0, 0.1) is 12.7 Å². The fraction of sp³-hybridized carbons (Fsp3) is 0.423. The zero-order valence-corrected chi connectivity index (χ0v) is 19.1. The number of nitrogens with zero attached hydrogens (tertiary/aromatic N) is 2. The van der Waals surface area contributed by atoms with E-state index in [9.17, 15) is 18.8 Å². The highest BCUT2D eigenvalue weighted by atomic mass is 19.1. The minimum absolute atomic E-state index is 0.0627. The highest BCUT2D eigenvalue weighted by molar-refractivity contribution is 5.98. The molecule has 8 heteroatoms. The molecule has 3 fully saturated rings. The summed E-state index contributed by atoms with van der Waals surface area (Å²) < 4.78 is 19.6. The van der Waals surface area contributed by atoms with Crippen LogP contribution in [0.25, 0.3) is 0 Å². The zero-order chi connectivity index (χ0) is 23.9. The molecule has 2 heterocycles. The molecule has 0 unspecified atom stereocenters. The summed E-state index contributed by atoms with van der Waals surface area (Å²) in [6.45, 7) is 2.87. The van der Waals surface area contributed by atoms with Crippen LogP contribution < -0.4 is 5.32 Å². The Labute approximate surface area is 197 Å². The standard InChI is InChI=1S/C26H28FN3O4/c1-17-2-4-18(5-3-17)24(32)29-14-12-26(13-15-29)30(25(33)19-6-8-20(27)9-7-19)22(16-34-26)23(31)28-21-10-11-21/h2-9,21-22H,10-16H2,1H3,(H,28,31)/t22-/m1/s1. The van der Waals surface area contributed by atoms with Gasteiger partial charge in [0, 0.05) is 43.1 Å². The molecule has 5 rings (SSSR count). The van der Waals surface area contributed by atoms with E-state index >= 15 is 0 Å². The number of likely N-dealkylation sites (tertiary alicyclic amines) is 1. The molecule has 7 nitrogen and oxygen atoms in total. The topological polar surface area (TPSA) is 79.0 Å². The van der Waals surface area contributed by atoms with Crippen molar-refractivity contribution in [2.45, 2.75) is 50.4 Å². The van der Waals surface area contributed by atoms with Gasteiger partial charge in [-0.05, 0) is 56.2 Å². The molecule has 3 aliphatic rings. The highest BCUT2D eigenvalue weighted by Gasteiger charge is 2.54. The van der Waals surface area contributed by atoms with Crippen LogP contribution in [-0.2, 0) is 9.53 Å². The van der Waals surface area contributed by atoms with E-state index in [1.165, 1.54) is 29.2 Å². The lowest BCUT2D eigenvalue weighted by Gasteiger charge is -2.44. The quantitative estimate of drug-likeness (QED) is 0.753. The molecular formula is C26H28FN3O4. The maximum atomic E-state index is 13.6. The van der Waals surface area contributed by atoms with E-state index < -0.39 is 17.6 Å². The predicted octanol–water partition coefficient (Wildman–Crippen LogP) is 2.89. The number of aryl methyl sites for hydroxylation is 1. The van der Waals surface area contributed by atoms with Crippen molar-refractivity contribution in [2.75, 3.05) is 19.7 Å². The van der Waals surface area contributed by atoms with Crippen molar-refractivity contribution in [1.29, 1.82) is 0 Å². The van der Waals surface area contributed by atoms with Gasteiger partial charge in [0.25, 0.3) is 11.8 Å². The summed E-state index contributed by atoms with van der Waals surface area (Å²) in [4.78, 5) is 42.9. The summed E-state index contributed by atoms with van der Waals surface area (Å²) in [6, 6.07) is 12.2. The van der Waals surface area contributed by atoms with Gasteiger partial charge in [-0.1, -0.05) is 17.7 Å². The van der Waals surface area contributed by atoms with E-state index in [-0.39, 0.29) is 30.4 Å². The normalized spacial score (nSPS) is 21.5. The van der Waals surface area contributed by atoms with Crippen molar-refractivity contribution < 1.29 is 23.5 Å². The highest BCUT2D eigenvalue weighted by Crippen LogP contribution is 2.39. The molecule has 1 N–H and O–H groups in total. The van der Waals surface area contributed by atoms with Crippen LogP contribution in [0.3, 0.4) is 0 Å². The second-order valence-electron chi connectivity index (χ2n) is 9.40. The Hall–Kier alpha value is -3.26. The molecule has 3 amide bonds. The number of hydrogen-bond acceptors (Lipinski definition) is 4. The molecule has 0 aromatic heterocycles. The third-order valence-corrected chi connectivity index (χ3v) is 6.93. The van der Waals surface area contributed by atoms with Crippen molar-refractivity contribution in [3.8, 4) is 0 Å². The third kappa shape index (κ3) is 4.30. The van der Waals surface area contributed by atoms with E-state index in [0.29, 0.717) is 37.1 Å². The fourth-order valence-electron chi connectivity index (χ4n) is 4.76. The molecule has 0 radical (unpaired) electrons. The molecule has 0 bridgehead atoms. The van der Waals surface area contributed by atoms with Crippen molar-refractivity contribution in [3.63, 3.8) is 0 Å². The van der Waals surface area contributed by atoms with Gasteiger partial charge in [0.1, 0.15) is 17.6 Å². The Balaban J connectivity index is 1.37. The van der Waals surface area contributed by atoms with Gasteiger partial charge in [0.05, 0.1) is 6.61 Å². The first kappa shape index (κ1) is 22.5. The molecule has 2 aromatic rings. The number of amides is 3. The first-order valence-corrected chi connectivity index (χ1v) is 11.8. The van der Waals surface area contributed by atoms with Gasteiger partial charge in [0.2, 0.25) is 5.91 Å². The van der Waals surface area contributed by atoms with Crippen molar-refractivity contribution in [3.05, 3.63) is 71.0 Å². The average Bonchev–Trinajstić information content (AvgIpc) is 3.59.